The van der Waals surface area contributed by atoms with Crippen molar-refractivity contribution in [3.8, 4) is 5.75 Å². The molecule has 21 heavy (non-hydrogen) atoms. The van der Waals surface area contributed by atoms with Gasteiger partial charge >= 0.3 is 0 Å². The van der Waals surface area contributed by atoms with Gasteiger partial charge in [-0.05, 0) is 61.3 Å². The Hall–Kier alpha value is -1.09. The van der Waals surface area contributed by atoms with Gasteiger partial charge in [-0.1, -0.05) is 26.8 Å². The van der Waals surface area contributed by atoms with Gasteiger partial charge in [0.15, 0.2) is 11.6 Å². The molecule has 1 fully saturated rings. The molecule has 0 spiro atoms. The Bertz CT molecular complexity index is 470. The van der Waals surface area contributed by atoms with E-state index >= 15 is 0 Å². The van der Waals surface area contributed by atoms with Crippen molar-refractivity contribution in [2.45, 2.75) is 58.4 Å². The summed E-state index contributed by atoms with van der Waals surface area (Å²) in [7, 11) is 1.51. The highest BCUT2D eigenvalue weighted by Crippen LogP contribution is 2.57. The second-order valence-electron chi connectivity index (χ2n) is 6.13. The Labute approximate surface area is 128 Å². The van der Waals surface area contributed by atoms with Gasteiger partial charge in [0.1, 0.15) is 0 Å². The number of hydrogen-bond acceptors (Lipinski definition) is 2. The third-order valence-corrected chi connectivity index (χ3v) is 5.39. The summed E-state index contributed by atoms with van der Waals surface area (Å²) in [4.78, 5) is 0. The van der Waals surface area contributed by atoms with E-state index in [9.17, 15) is 4.39 Å². The lowest BCUT2D eigenvalue weighted by Crippen LogP contribution is -2.58. The van der Waals surface area contributed by atoms with E-state index in [4.69, 9.17) is 4.74 Å². The molecule has 2 atom stereocenters. The highest BCUT2D eigenvalue weighted by Gasteiger charge is 2.52. The molecule has 0 bridgehead atoms. The number of hydrogen-bond donors (Lipinski definition) is 1. The van der Waals surface area contributed by atoms with Gasteiger partial charge in [-0.15, -0.1) is 0 Å². The molecule has 1 aromatic rings. The van der Waals surface area contributed by atoms with Crippen LogP contribution in [0.1, 0.15) is 57.9 Å². The normalized spacial score (nSPS) is 23.7. The summed E-state index contributed by atoms with van der Waals surface area (Å²) in [5, 5.41) is 3.68. The van der Waals surface area contributed by atoms with E-state index in [-0.39, 0.29) is 11.2 Å². The smallest absolute Gasteiger partial charge is 0.165 e. The molecule has 2 unspecified atom stereocenters. The van der Waals surface area contributed by atoms with Crippen LogP contribution in [0, 0.1) is 11.2 Å². The van der Waals surface area contributed by atoms with Crippen molar-refractivity contribution in [1.82, 2.24) is 5.32 Å². The maximum absolute atomic E-state index is 14.0. The molecule has 1 aliphatic carbocycles. The molecular formula is C18H28FNO. The van der Waals surface area contributed by atoms with Crippen molar-refractivity contribution in [1.29, 1.82) is 0 Å². The van der Waals surface area contributed by atoms with E-state index in [0.29, 0.717) is 17.7 Å². The third-order valence-electron chi connectivity index (χ3n) is 5.39. The van der Waals surface area contributed by atoms with Crippen LogP contribution in [-0.2, 0) is 0 Å². The molecule has 0 heterocycles. The molecular weight excluding hydrogens is 265 g/mol. The number of rotatable bonds is 7. The van der Waals surface area contributed by atoms with E-state index in [2.05, 4.69) is 26.1 Å². The van der Waals surface area contributed by atoms with Crippen molar-refractivity contribution < 1.29 is 9.13 Å². The SMILES string of the molecule is CCCNC1CC(c2ccc(OC)c(F)c2)C1(CC)CC. The summed E-state index contributed by atoms with van der Waals surface area (Å²) < 4.78 is 19.0. The summed E-state index contributed by atoms with van der Waals surface area (Å²) in [6.07, 6.45) is 4.52. The molecule has 1 aromatic carbocycles. The van der Waals surface area contributed by atoms with Crippen molar-refractivity contribution in [2.24, 2.45) is 5.41 Å². The van der Waals surface area contributed by atoms with Crippen LogP contribution in [0.3, 0.4) is 0 Å². The van der Waals surface area contributed by atoms with Crippen LogP contribution in [0.4, 0.5) is 4.39 Å². The van der Waals surface area contributed by atoms with Crippen LogP contribution in [0.2, 0.25) is 0 Å². The monoisotopic (exact) mass is 293 g/mol. The van der Waals surface area contributed by atoms with E-state index in [1.165, 1.54) is 7.11 Å². The number of benzene rings is 1. The van der Waals surface area contributed by atoms with E-state index in [0.717, 1.165) is 37.8 Å². The molecule has 2 rings (SSSR count). The molecule has 118 valence electrons. The minimum absolute atomic E-state index is 0.249. The Morgan fingerprint density at radius 1 is 1.29 bits per heavy atom. The van der Waals surface area contributed by atoms with Crippen LogP contribution in [0.25, 0.3) is 0 Å². The van der Waals surface area contributed by atoms with Crippen molar-refractivity contribution >= 4 is 0 Å². The lowest BCUT2D eigenvalue weighted by Gasteiger charge is -2.57. The van der Waals surface area contributed by atoms with Crippen LogP contribution in [0.15, 0.2) is 18.2 Å². The van der Waals surface area contributed by atoms with Gasteiger partial charge < -0.3 is 10.1 Å². The second kappa shape index (κ2) is 6.78. The molecule has 1 N–H and O–H groups in total. The summed E-state index contributed by atoms with van der Waals surface area (Å²) in [6, 6.07) is 6.01. The summed E-state index contributed by atoms with van der Waals surface area (Å²) >= 11 is 0. The quantitative estimate of drug-likeness (QED) is 0.799. The first-order valence-corrected chi connectivity index (χ1v) is 8.19. The van der Waals surface area contributed by atoms with Gasteiger partial charge in [0, 0.05) is 6.04 Å². The molecule has 0 radical (unpaired) electrons. The predicted molar refractivity (Wildman–Crippen MR) is 85.4 cm³/mol. The van der Waals surface area contributed by atoms with Crippen molar-refractivity contribution in [3.63, 3.8) is 0 Å². The lowest BCUT2D eigenvalue weighted by atomic mass is 9.52. The standard InChI is InChI=1S/C18H28FNO/c1-5-10-20-17-12-14(18(17,6-2)7-3)13-8-9-16(21-4)15(19)11-13/h8-9,11,14,17,20H,5-7,10,12H2,1-4H3. The fourth-order valence-corrected chi connectivity index (χ4v) is 4.00. The van der Waals surface area contributed by atoms with Crippen molar-refractivity contribution in [2.75, 3.05) is 13.7 Å². The van der Waals surface area contributed by atoms with Crippen LogP contribution in [0.5, 0.6) is 5.75 Å². The van der Waals surface area contributed by atoms with Gasteiger partial charge in [-0.2, -0.15) is 0 Å². The van der Waals surface area contributed by atoms with E-state index in [1.54, 1.807) is 12.1 Å². The Morgan fingerprint density at radius 2 is 2.00 bits per heavy atom. The summed E-state index contributed by atoms with van der Waals surface area (Å²) in [5.41, 5.74) is 1.38. The second-order valence-corrected chi connectivity index (χ2v) is 6.13. The van der Waals surface area contributed by atoms with Gasteiger partial charge in [0.25, 0.3) is 0 Å². The Kier molecular flexibility index (Phi) is 5.26. The molecule has 0 amide bonds. The third kappa shape index (κ3) is 2.80. The molecule has 0 aromatic heterocycles. The Balaban J connectivity index is 2.21. The average Bonchev–Trinajstić information content (AvgIpc) is 2.48. The fraction of sp³-hybridized carbons (Fsp3) is 0.667. The molecule has 1 saturated carbocycles. The zero-order valence-corrected chi connectivity index (χ0v) is 13.7. The largest absolute Gasteiger partial charge is 0.494 e. The molecule has 2 nitrogen and oxygen atoms in total. The van der Waals surface area contributed by atoms with Gasteiger partial charge in [-0.25, -0.2) is 4.39 Å². The first-order valence-electron chi connectivity index (χ1n) is 8.19. The number of halogens is 1. The number of methoxy groups -OCH3 is 1. The van der Waals surface area contributed by atoms with Crippen LogP contribution < -0.4 is 10.1 Å². The van der Waals surface area contributed by atoms with E-state index < -0.39 is 0 Å². The summed E-state index contributed by atoms with van der Waals surface area (Å²) in [6.45, 7) is 7.78. The lowest BCUT2D eigenvalue weighted by molar-refractivity contribution is 0.0200. The average molecular weight is 293 g/mol. The highest BCUT2D eigenvalue weighted by atomic mass is 19.1. The molecule has 0 aliphatic heterocycles. The van der Waals surface area contributed by atoms with Gasteiger partial charge in [0.05, 0.1) is 7.11 Å². The van der Waals surface area contributed by atoms with Crippen LogP contribution in [-0.4, -0.2) is 19.7 Å². The van der Waals surface area contributed by atoms with Gasteiger partial charge in [0.2, 0.25) is 0 Å². The maximum Gasteiger partial charge on any atom is 0.165 e. The maximum atomic E-state index is 14.0. The molecule has 1 aliphatic rings. The molecule has 0 saturated heterocycles. The first kappa shape index (κ1) is 16.3. The first-order chi connectivity index (χ1) is 10.1. The predicted octanol–water partition coefficient (Wildman–Crippen LogP) is 4.50. The minimum atomic E-state index is -0.249. The zero-order chi connectivity index (χ0) is 15.5. The highest BCUT2D eigenvalue weighted by molar-refractivity contribution is 5.35. The minimum Gasteiger partial charge on any atom is -0.494 e. The topological polar surface area (TPSA) is 21.3 Å². The van der Waals surface area contributed by atoms with E-state index in [1.807, 2.05) is 6.07 Å². The Morgan fingerprint density at radius 3 is 2.52 bits per heavy atom. The van der Waals surface area contributed by atoms with Gasteiger partial charge in [-0.3, -0.25) is 0 Å². The number of ether oxygens (including phenoxy) is 1. The fourth-order valence-electron chi connectivity index (χ4n) is 4.00. The van der Waals surface area contributed by atoms with Crippen LogP contribution >= 0.6 is 0 Å². The van der Waals surface area contributed by atoms with Crippen molar-refractivity contribution in [3.05, 3.63) is 29.6 Å². The summed E-state index contributed by atoms with van der Waals surface area (Å²) in [5.74, 6) is 0.528. The zero-order valence-electron chi connectivity index (χ0n) is 13.7. The number of nitrogens with one attached hydrogen (secondary N) is 1. The molecule has 3 heteroatoms.